The van der Waals surface area contributed by atoms with Gasteiger partial charge >= 0.3 is 0 Å². The molecule has 0 saturated carbocycles. The number of likely N-dealkylation sites (tertiary alicyclic amines) is 1. The minimum Gasteiger partial charge on any atom is -0.462 e. The Labute approximate surface area is 83.5 Å². The molecule has 1 aromatic heterocycles. The van der Waals surface area contributed by atoms with Gasteiger partial charge in [-0.2, -0.15) is 0 Å². The summed E-state index contributed by atoms with van der Waals surface area (Å²) in [5.41, 5.74) is 0. The molecule has 1 aliphatic rings. The van der Waals surface area contributed by atoms with Crippen molar-refractivity contribution in [3.63, 3.8) is 0 Å². The van der Waals surface area contributed by atoms with Crippen LogP contribution in [0.25, 0.3) is 0 Å². The first-order chi connectivity index (χ1) is 6.38. The molecule has 2 heterocycles. The van der Waals surface area contributed by atoms with Crippen LogP contribution >= 0.6 is 12.2 Å². The third kappa shape index (κ3) is 1.91. The zero-order chi connectivity index (χ0) is 9.10. The molecule has 0 aliphatic carbocycles. The fraction of sp³-hybridized carbons (Fsp3) is 0.500. The monoisotopic (exact) mass is 195 g/mol. The minimum absolute atomic E-state index is 0.830. The van der Waals surface area contributed by atoms with Gasteiger partial charge in [-0.05, 0) is 31.4 Å². The summed E-state index contributed by atoms with van der Waals surface area (Å²) < 4.78 is 5.27. The molecule has 1 fully saturated rings. The van der Waals surface area contributed by atoms with Gasteiger partial charge in [0.15, 0.2) is 5.76 Å². The van der Waals surface area contributed by atoms with Crippen molar-refractivity contribution in [1.29, 1.82) is 0 Å². The van der Waals surface area contributed by atoms with Gasteiger partial charge in [0.25, 0.3) is 0 Å². The van der Waals surface area contributed by atoms with Gasteiger partial charge in [-0.3, -0.25) is 0 Å². The largest absolute Gasteiger partial charge is 0.462 e. The minimum atomic E-state index is 0.830. The number of furan rings is 1. The fourth-order valence-corrected chi connectivity index (χ4v) is 1.95. The highest BCUT2D eigenvalue weighted by atomic mass is 32.1. The normalized spacial score (nSPS) is 17.4. The molecule has 0 amide bonds. The van der Waals surface area contributed by atoms with Crippen molar-refractivity contribution in [2.75, 3.05) is 13.1 Å². The van der Waals surface area contributed by atoms with Crippen molar-refractivity contribution in [2.45, 2.75) is 19.3 Å². The first-order valence-electron chi connectivity index (χ1n) is 4.71. The molecule has 0 aromatic carbocycles. The van der Waals surface area contributed by atoms with E-state index in [9.17, 15) is 0 Å². The van der Waals surface area contributed by atoms with E-state index in [1.54, 1.807) is 6.26 Å². The van der Waals surface area contributed by atoms with E-state index in [1.165, 1.54) is 19.3 Å². The van der Waals surface area contributed by atoms with Crippen LogP contribution < -0.4 is 0 Å². The molecule has 2 nitrogen and oxygen atoms in total. The summed E-state index contributed by atoms with van der Waals surface area (Å²) in [5.74, 6) is 0.830. The number of hydrogen-bond acceptors (Lipinski definition) is 2. The molecule has 0 spiro atoms. The number of thiocarbonyl (C=S) groups is 1. The Morgan fingerprint density at radius 1 is 1.31 bits per heavy atom. The van der Waals surface area contributed by atoms with Crippen LogP contribution in [0.1, 0.15) is 25.0 Å². The van der Waals surface area contributed by atoms with E-state index in [0.717, 1.165) is 23.8 Å². The van der Waals surface area contributed by atoms with Gasteiger partial charge in [0.05, 0.1) is 6.26 Å². The van der Waals surface area contributed by atoms with E-state index in [-0.39, 0.29) is 0 Å². The van der Waals surface area contributed by atoms with Crippen LogP contribution in [0.2, 0.25) is 0 Å². The number of rotatable bonds is 1. The van der Waals surface area contributed by atoms with Crippen molar-refractivity contribution in [3.05, 3.63) is 24.2 Å². The van der Waals surface area contributed by atoms with Crippen molar-refractivity contribution in [2.24, 2.45) is 0 Å². The van der Waals surface area contributed by atoms with Gasteiger partial charge in [0.2, 0.25) is 0 Å². The topological polar surface area (TPSA) is 16.4 Å². The molecule has 0 radical (unpaired) electrons. The highest BCUT2D eigenvalue weighted by molar-refractivity contribution is 7.80. The average Bonchev–Trinajstić information content (AvgIpc) is 2.71. The second kappa shape index (κ2) is 3.92. The lowest BCUT2D eigenvalue weighted by atomic mass is 10.1. The van der Waals surface area contributed by atoms with Crippen LogP contribution in [-0.2, 0) is 0 Å². The van der Waals surface area contributed by atoms with Gasteiger partial charge in [0, 0.05) is 13.1 Å². The summed E-state index contributed by atoms with van der Waals surface area (Å²) in [4.78, 5) is 3.10. The standard InChI is InChI=1S/C10H13NOS/c13-10(9-5-4-8-12-9)11-6-2-1-3-7-11/h4-5,8H,1-3,6-7H2. The maximum Gasteiger partial charge on any atom is 0.161 e. The van der Waals surface area contributed by atoms with Crippen molar-refractivity contribution >= 4 is 17.2 Å². The molecule has 2 rings (SSSR count). The zero-order valence-electron chi connectivity index (χ0n) is 7.53. The summed E-state index contributed by atoms with van der Waals surface area (Å²) in [7, 11) is 0. The summed E-state index contributed by atoms with van der Waals surface area (Å²) >= 11 is 5.33. The van der Waals surface area contributed by atoms with Crippen molar-refractivity contribution < 1.29 is 4.42 Å². The van der Waals surface area contributed by atoms with E-state index in [1.807, 2.05) is 12.1 Å². The lowest BCUT2D eigenvalue weighted by molar-refractivity contribution is 0.342. The molecule has 0 bridgehead atoms. The van der Waals surface area contributed by atoms with E-state index < -0.39 is 0 Å². The second-order valence-electron chi connectivity index (χ2n) is 3.33. The Morgan fingerprint density at radius 2 is 2.08 bits per heavy atom. The van der Waals surface area contributed by atoms with Gasteiger partial charge in [-0.1, -0.05) is 12.2 Å². The van der Waals surface area contributed by atoms with E-state index in [2.05, 4.69) is 4.90 Å². The quantitative estimate of drug-likeness (QED) is 0.640. The predicted octanol–water partition coefficient (Wildman–Crippen LogP) is 2.44. The Morgan fingerprint density at radius 3 is 2.69 bits per heavy atom. The van der Waals surface area contributed by atoms with Gasteiger partial charge in [-0.15, -0.1) is 0 Å². The Kier molecular flexibility index (Phi) is 2.64. The van der Waals surface area contributed by atoms with Crippen LogP contribution in [0.5, 0.6) is 0 Å². The maximum atomic E-state index is 5.33. The molecule has 3 heteroatoms. The smallest absolute Gasteiger partial charge is 0.161 e. The molecule has 0 atom stereocenters. The Bertz CT molecular complexity index is 275. The lowest BCUT2D eigenvalue weighted by Crippen LogP contribution is -2.34. The van der Waals surface area contributed by atoms with Gasteiger partial charge in [-0.25, -0.2) is 0 Å². The fourth-order valence-electron chi connectivity index (χ4n) is 1.65. The molecule has 0 N–H and O–H groups in total. The zero-order valence-corrected chi connectivity index (χ0v) is 8.35. The van der Waals surface area contributed by atoms with E-state index in [0.29, 0.717) is 0 Å². The van der Waals surface area contributed by atoms with Crippen molar-refractivity contribution in [1.82, 2.24) is 4.90 Å². The van der Waals surface area contributed by atoms with Crippen LogP contribution in [0.3, 0.4) is 0 Å². The van der Waals surface area contributed by atoms with Crippen LogP contribution in [0.4, 0.5) is 0 Å². The second-order valence-corrected chi connectivity index (χ2v) is 3.72. The summed E-state index contributed by atoms with van der Waals surface area (Å²) in [6, 6.07) is 3.81. The van der Waals surface area contributed by atoms with Crippen LogP contribution in [0, 0.1) is 0 Å². The first-order valence-corrected chi connectivity index (χ1v) is 5.11. The lowest BCUT2D eigenvalue weighted by Gasteiger charge is -2.27. The number of piperidine rings is 1. The molecule has 70 valence electrons. The van der Waals surface area contributed by atoms with Gasteiger partial charge in [0.1, 0.15) is 4.99 Å². The SMILES string of the molecule is S=C(c1ccco1)N1CCCCC1. The van der Waals surface area contributed by atoms with Gasteiger partial charge < -0.3 is 9.32 Å². The third-order valence-corrected chi connectivity index (χ3v) is 2.83. The predicted molar refractivity (Wildman–Crippen MR) is 55.8 cm³/mol. The molecule has 1 saturated heterocycles. The number of hydrogen-bond donors (Lipinski definition) is 0. The van der Waals surface area contributed by atoms with E-state index in [4.69, 9.17) is 16.6 Å². The highest BCUT2D eigenvalue weighted by Crippen LogP contribution is 2.14. The molecular formula is C10H13NOS. The molecule has 1 aliphatic heterocycles. The average molecular weight is 195 g/mol. The van der Waals surface area contributed by atoms with E-state index >= 15 is 0 Å². The maximum absolute atomic E-state index is 5.33. The summed E-state index contributed by atoms with van der Waals surface area (Å²) in [6.07, 6.45) is 5.50. The van der Waals surface area contributed by atoms with Crippen LogP contribution in [0.15, 0.2) is 22.8 Å². The first kappa shape index (κ1) is 8.75. The number of nitrogens with zero attached hydrogens (tertiary/aromatic N) is 1. The highest BCUT2D eigenvalue weighted by Gasteiger charge is 2.15. The third-order valence-electron chi connectivity index (χ3n) is 2.38. The summed E-state index contributed by atoms with van der Waals surface area (Å²) in [5, 5.41) is 0. The van der Waals surface area contributed by atoms with Crippen LogP contribution in [-0.4, -0.2) is 23.0 Å². The Hall–Kier alpha value is -0.830. The molecular weight excluding hydrogens is 182 g/mol. The molecule has 13 heavy (non-hydrogen) atoms. The van der Waals surface area contributed by atoms with Crippen molar-refractivity contribution in [3.8, 4) is 0 Å². The molecule has 0 unspecified atom stereocenters. The Balaban J connectivity index is 2.04. The molecule has 1 aromatic rings. The summed E-state index contributed by atoms with van der Waals surface area (Å²) in [6.45, 7) is 2.17.